The largest absolute Gasteiger partial charge is 0.489 e. The van der Waals surface area contributed by atoms with Crippen molar-refractivity contribution in [3.8, 4) is 5.75 Å². The molecule has 2 rings (SSSR count). The highest BCUT2D eigenvalue weighted by atomic mass is 79.9. The zero-order chi connectivity index (χ0) is 10.7. The highest BCUT2D eigenvalue weighted by Gasteiger charge is 2.20. The number of halogens is 1. The molecule has 0 radical (unpaired) electrons. The van der Waals surface area contributed by atoms with Gasteiger partial charge in [0.05, 0.1) is 10.6 Å². The van der Waals surface area contributed by atoms with Crippen molar-refractivity contribution >= 4 is 15.9 Å². The fraction of sp³-hybridized carbons (Fsp3) is 0.538. The van der Waals surface area contributed by atoms with Crippen molar-refractivity contribution in [2.24, 2.45) is 5.92 Å². The normalized spacial score (nSPS) is 26.3. The monoisotopic (exact) mass is 268 g/mol. The molecule has 2 heteroatoms. The lowest BCUT2D eigenvalue weighted by Crippen LogP contribution is -2.24. The Labute approximate surface area is 100.0 Å². The quantitative estimate of drug-likeness (QED) is 0.772. The molecule has 0 saturated heterocycles. The molecule has 0 aliphatic heterocycles. The van der Waals surface area contributed by atoms with Gasteiger partial charge in [0.15, 0.2) is 0 Å². The van der Waals surface area contributed by atoms with Crippen LogP contribution in [0.3, 0.4) is 0 Å². The molecule has 1 fully saturated rings. The third kappa shape index (κ3) is 2.97. The van der Waals surface area contributed by atoms with Gasteiger partial charge in [-0.15, -0.1) is 0 Å². The van der Waals surface area contributed by atoms with Gasteiger partial charge in [-0.3, -0.25) is 0 Å². The third-order valence-electron chi connectivity index (χ3n) is 3.02. The first kappa shape index (κ1) is 11.0. The van der Waals surface area contributed by atoms with Crippen LogP contribution in [0.15, 0.2) is 28.7 Å². The van der Waals surface area contributed by atoms with E-state index in [1.807, 2.05) is 24.3 Å². The van der Waals surface area contributed by atoms with Crippen LogP contribution in [0, 0.1) is 5.92 Å². The van der Waals surface area contributed by atoms with Crippen LogP contribution in [0.2, 0.25) is 0 Å². The fourth-order valence-electron chi connectivity index (χ4n) is 2.21. The van der Waals surface area contributed by atoms with Crippen LogP contribution in [0.4, 0.5) is 0 Å². The molecule has 0 spiro atoms. The number of hydrogen-bond donors (Lipinski definition) is 0. The van der Waals surface area contributed by atoms with Crippen LogP contribution in [0.5, 0.6) is 5.75 Å². The zero-order valence-electron chi connectivity index (χ0n) is 9.08. The van der Waals surface area contributed by atoms with E-state index in [0.717, 1.165) is 16.1 Å². The summed E-state index contributed by atoms with van der Waals surface area (Å²) >= 11 is 3.51. The van der Waals surface area contributed by atoms with E-state index in [9.17, 15) is 0 Å². The minimum absolute atomic E-state index is 0.410. The second-order valence-electron chi connectivity index (χ2n) is 4.44. The summed E-state index contributed by atoms with van der Waals surface area (Å²) in [4.78, 5) is 0. The molecule has 15 heavy (non-hydrogen) atoms. The highest BCUT2D eigenvalue weighted by molar-refractivity contribution is 9.10. The summed E-state index contributed by atoms with van der Waals surface area (Å²) in [5.41, 5.74) is 0. The number of benzene rings is 1. The molecule has 0 amide bonds. The molecule has 1 aromatic carbocycles. The minimum Gasteiger partial charge on any atom is -0.489 e. The smallest absolute Gasteiger partial charge is 0.133 e. The van der Waals surface area contributed by atoms with Gasteiger partial charge in [-0.05, 0) is 53.2 Å². The van der Waals surface area contributed by atoms with Gasteiger partial charge in [-0.25, -0.2) is 0 Å². The maximum Gasteiger partial charge on any atom is 0.133 e. The Hall–Kier alpha value is -0.500. The van der Waals surface area contributed by atoms with E-state index < -0.39 is 0 Å². The zero-order valence-corrected chi connectivity index (χ0v) is 10.7. The molecular formula is C13H17BrO. The maximum absolute atomic E-state index is 6.01. The average Bonchev–Trinajstić information content (AvgIpc) is 2.22. The van der Waals surface area contributed by atoms with Crippen molar-refractivity contribution in [2.45, 2.75) is 38.7 Å². The fourth-order valence-corrected chi connectivity index (χ4v) is 2.58. The maximum atomic E-state index is 6.01. The molecule has 1 aliphatic rings. The lowest BCUT2D eigenvalue weighted by molar-refractivity contribution is 0.128. The van der Waals surface area contributed by atoms with Crippen LogP contribution in [0.25, 0.3) is 0 Å². The lowest BCUT2D eigenvalue weighted by Gasteiger charge is -2.27. The molecular weight excluding hydrogens is 252 g/mol. The van der Waals surface area contributed by atoms with Crippen molar-refractivity contribution in [2.75, 3.05) is 0 Å². The van der Waals surface area contributed by atoms with Gasteiger partial charge in [-0.1, -0.05) is 25.5 Å². The Morgan fingerprint density at radius 2 is 2.07 bits per heavy atom. The van der Waals surface area contributed by atoms with Crippen molar-refractivity contribution in [1.29, 1.82) is 0 Å². The molecule has 2 unspecified atom stereocenters. The van der Waals surface area contributed by atoms with E-state index in [4.69, 9.17) is 4.74 Å². The van der Waals surface area contributed by atoms with Crippen molar-refractivity contribution in [1.82, 2.24) is 0 Å². The van der Waals surface area contributed by atoms with E-state index in [-0.39, 0.29) is 0 Å². The predicted octanol–water partition coefficient (Wildman–Crippen LogP) is 4.41. The molecule has 2 atom stereocenters. The summed E-state index contributed by atoms with van der Waals surface area (Å²) in [6.07, 6.45) is 5.46. The Morgan fingerprint density at radius 3 is 2.80 bits per heavy atom. The minimum atomic E-state index is 0.410. The average molecular weight is 269 g/mol. The first-order chi connectivity index (χ1) is 7.25. The van der Waals surface area contributed by atoms with Gasteiger partial charge in [0, 0.05) is 0 Å². The summed E-state index contributed by atoms with van der Waals surface area (Å²) in [6, 6.07) is 8.09. The first-order valence-electron chi connectivity index (χ1n) is 5.67. The number of ether oxygens (including phenoxy) is 1. The van der Waals surface area contributed by atoms with Crippen LogP contribution in [-0.4, -0.2) is 6.10 Å². The van der Waals surface area contributed by atoms with Crippen LogP contribution in [-0.2, 0) is 0 Å². The molecule has 0 bridgehead atoms. The van der Waals surface area contributed by atoms with Gasteiger partial charge in [0.25, 0.3) is 0 Å². The molecule has 1 nitrogen and oxygen atoms in total. The molecule has 0 aromatic heterocycles. The van der Waals surface area contributed by atoms with Gasteiger partial charge >= 0.3 is 0 Å². The summed E-state index contributed by atoms with van der Waals surface area (Å²) in [5.74, 6) is 1.79. The lowest BCUT2D eigenvalue weighted by atomic mass is 9.89. The van der Waals surface area contributed by atoms with Gasteiger partial charge < -0.3 is 4.74 Å². The summed E-state index contributed by atoms with van der Waals surface area (Å²) < 4.78 is 7.07. The second-order valence-corrected chi connectivity index (χ2v) is 5.30. The number of rotatable bonds is 2. The number of para-hydroxylation sites is 1. The van der Waals surface area contributed by atoms with Gasteiger partial charge in [-0.2, -0.15) is 0 Å². The van der Waals surface area contributed by atoms with Crippen LogP contribution < -0.4 is 4.74 Å². The highest BCUT2D eigenvalue weighted by Crippen LogP contribution is 2.30. The summed E-state index contributed by atoms with van der Waals surface area (Å²) in [5, 5.41) is 0. The van der Waals surface area contributed by atoms with Gasteiger partial charge in [0.1, 0.15) is 5.75 Å². The van der Waals surface area contributed by atoms with Crippen molar-refractivity contribution in [3.05, 3.63) is 28.7 Å². The van der Waals surface area contributed by atoms with E-state index in [1.54, 1.807) is 0 Å². The van der Waals surface area contributed by atoms with E-state index in [2.05, 4.69) is 22.9 Å². The second kappa shape index (κ2) is 5.02. The Morgan fingerprint density at radius 1 is 1.27 bits per heavy atom. The molecule has 0 N–H and O–H groups in total. The molecule has 1 aliphatic carbocycles. The van der Waals surface area contributed by atoms with E-state index >= 15 is 0 Å². The van der Waals surface area contributed by atoms with Crippen LogP contribution >= 0.6 is 15.9 Å². The molecule has 82 valence electrons. The summed E-state index contributed by atoms with van der Waals surface area (Å²) in [6.45, 7) is 2.32. The standard InChI is InChI=1S/C13H17BrO/c1-10-5-4-6-11(9-10)15-13-8-3-2-7-12(13)14/h2-3,7-8,10-11H,4-6,9H2,1H3. The predicted molar refractivity (Wildman–Crippen MR) is 66.2 cm³/mol. The van der Waals surface area contributed by atoms with Crippen LogP contribution in [0.1, 0.15) is 32.6 Å². The van der Waals surface area contributed by atoms with Crippen molar-refractivity contribution in [3.63, 3.8) is 0 Å². The molecule has 0 heterocycles. The topological polar surface area (TPSA) is 9.23 Å². The number of hydrogen-bond acceptors (Lipinski definition) is 1. The third-order valence-corrected chi connectivity index (χ3v) is 3.67. The Kier molecular flexibility index (Phi) is 3.68. The van der Waals surface area contributed by atoms with Crippen molar-refractivity contribution < 1.29 is 4.74 Å². The van der Waals surface area contributed by atoms with E-state index in [0.29, 0.717) is 6.10 Å². The Bertz CT molecular complexity index is 324. The van der Waals surface area contributed by atoms with E-state index in [1.165, 1.54) is 25.7 Å². The molecule has 1 saturated carbocycles. The molecule has 1 aromatic rings. The Balaban J connectivity index is 1.99. The van der Waals surface area contributed by atoms with Gasteiger partial charge in [0.2, 0.25) is 0 Å². The SMILES string of the molecule is CC1CCCC(Oc2ccccc2Br)C1. The summed E-state index contributed by atoms with van der Waals surface area (Å²) in [7, 11) is 0. The first-order valence-corrected chi connectivity index (χ1v) is 6.46.